The second kappa shape index (κ2) is 8.74. The van der Waals surface area contributed by atoms with Gasteiger partial charge in [0.05, 0.1) is 0 Å². The highest BCUT2D eigenvalue weighted by Gasteiger charge is 2.13. The van der Waals surface area contributed by atoms with Crippen LogP contribution in [-0.2, 0) is 11.3 Å². The van der Waals surface area contributed by atoms with Gasteiger partial charge in [0.1, 0.15) is 6.61 Å². The number of ether oxygens (including phenoxy) is 1. The van der Waals surface area contributed by atoms with Crippen molar-refractivity contribution in [3.8, 4) is 0 Å². The number of nitrogens with one attached hydrogen (secondary N) is 3. The third kappa shape index (κ3) is 5.92. The summed E-state index contributed by atoms with van der Waals surface area (Å²) in [7, 11) is 0. The number of hydrogen-bond donors (Lipinski definition) is 3. The zero-order valence-electron chi connectivity index (χ0n) is 10.7. The van der Waals surface area contributed by atoms with Crippen molar-refractivity contribution in [3.05, 3.63) is 35.9 Å². The Labute approximate surface area is 119 Å². The molecule has 0 radical (unpaired) electrons. The van der Waals surface area contributed by atoms with E-state index in [1.807, 2.05) is 30.3 Å². The average Bonchev–Trinajstić information content (AvgIpc) is 2.45. The van der Waals surface area contributed by atoms with E-state index in [4.69, 9.17) is 4.74 Å². The molecule has 1 aromatic carbocycles. The minimum absolute atomic E-state index is 0. The highest BCUT2D eigenvalue weighted by atomic mass is 35.5. The molecule has 1 aromatic rings. The molecule has 1 saturated heterocycles. The van der Waals surface area contributed by atoms with Crippen molar-refractivity contribution < 1.29 is 9.53 Å². The van der Waals surface area contributed by atoms with Crippen LogP contribution >= 0.6 is 12.4 Å². The van der Waals surface area contributed by atoms with Crippen molar-refractivity contribution in [1.29, 1.82) is 0 Å². The number of carbonyl (C=O) groups excluding carboxylic acids is 1. The molecule has 0 aliphatic carbocycles. The van der Waals surface area contributed by atoms with Crippen LogP contribution in [0, 0.1) is 0 Å². The lowest BCUT2D eigenvalue weighted by atomic mass is 10.1. The summed E-state index contributed by atoms with van der Waals surface area (Å²) in [5.74, 6) is 0. The maximum atomic E-state index is 11.4. The molecule has 2 rings (SSSR count). The number of carbonyl (C=O) groups is 1. The van der Waals surface area contributed by atoms with E-state index in [-0.39, 0.29) is 25.1 Å². The van der Waals surface area contributed by atoms with Gasteiger partial charge in [0, 0.05) is 12.6 Å². The van der Waals surface area contributed by atoms with Crippen LogP contribution in [-0.4, -0.2) is 25.2 Å². The molecule has 106 valence electrons. The SMILES string of the molecule is Cl.O=C(NNC1CCCNC1)OCc1ccccc1. The quantitative estimate of drug-likeness (QED) is 0.735. The highest BCUT2D eigenvalue weighted by Crippen LogP contribution is 2.01. The Morgan fingerprint density at radius 2 is 2.16 bits per heavy atom. The van der Waals surface area contributed by atoms with E-state index in [1.165, 1.54) is 0 Å². The van der Waals surface area contributed by atoms with E-state index < -0.39 is 6.09 Å². The number of hydrazine groups is 1. The first kappa shape index (κ1) is 15.8. The van der Waals surface area contributed by atoms with Gasteiger partial charge in [-0.15, -0.1) is 12.4 Å². The largest absolute Gasteiger partial charge is 0.444 e. The van der Waals surface area contributed by atoms with Crippen LogP contribution in [0.3, 0.4) is 0 Å². The molecule has 0 saturated carbocycles. The van der Waals surface area contributed by atoms with Gasteiger partial charge >= 0.3 is 6.09 Å². The molecule has 3 N–H and O–H groups in total. The maximum Gasteiger partial charge on any atom is 0.421 e. The lowest BCUT2D eigenvalue weighted by Crippen LogP contribution is -2.51. The van der Waals surface area contributed by atoms with E-state index in [1.54, 1.807) is 0 Å². The summed E-state index contributed by atoms with van der Waals surface area (Å²) < 4.78 is 5.09. The Morgan fingerprint density at radius 1 is 1.37 bits per heavy atom. The molecule has 1 fully saturated rings. The second-order valence-corrected chi connectivity index (χ2v) is 4.37. The molecule has 0 bridgehead atoms. The van der Waals surface area contributed by atoms with Gasteiger partial charge in [-0.1, -0.05) is 30.3 Å². The van der Waals surface area contributed by atoms with Crippen LogP contribution in [0.15, 0.2) is 30.3 Å². The minimum Gasteiger partial charge on any atom is -0.444 e. The first-order valence-electron chi connectivity index (χ1n) is 6.27. The minimum atomic E-state index is -0.440. The van der Waals surface area contributed by atoms with Crippen LogP contribution in [0.1, 0.15) is 18.4 Å². The van der Waals surface area contributed by atoms with Crippen molar-refractivity contribution in [2.45, 2.75) is 25.5 Å². The van der Waals surface area contributed by atoms with Crippen molar-refractivity contribution in [2.75, 3.05) is 13.1 Å². The number of halogens is 1. The van der Waals surface area contributed by atoms with Crippen LogP contribution in [0.25, 0.3) is 0 Å². The smallest absolute Gasteiger partial charge is 0.421 e. The molecule has 6 heteroatoms. The zero-order chi connectivity index (χ0) is 12.6. The summed E-state index contributed by atoms with van der Waals surface area (Å²) in [5.41, 5.74) is 6.52. The molecule has 1 aliphatic rings. The fourth-order valence-electron chi connectivity index (χ4n) is 1.90. The fraction of sp³-hybridized carbons (Fsp3) is 0.462. The second-order valence-electron chi connectivity index (χ2n) is 4.37. The Hall–Kier alpha value is -1.30. The van der Waals surface area contributed by atoms with Gasteiger partial charge in [-0.25, -0.2) is 10.2 Å². The van der Waals surface area contributed by atoms with Crippen molar-refractivity contribution in [1.82, 2.24) is 16.2 Å². The third-order valence-electron chi connectivity index (χ3n) is 2.89. The first-order valence-corrected chi connectivity index (χ1v) is 6.27. The standard InChI is InChI=1S/C13H19N3O2.ClH/c17-13(16-15-12-7-4-8-14-9-12)18-10-11-5-2-1-3-6-11;/h1-3,5-6,12,14-15H,4,7-10H2,(H,16,17);1H. The van der Waals surface area contributed by atoms with Gasteiger partial charge in [-0.05, 0) is 24.9 Å². The topological polar surface area (TPSA) is 62.4 Å². The summed E-state index contributed by atoms with van der Waals surface area (Å²) in [6, 6.07) is 9.90. The van der Waals surface area contributed by atoms with Gasteiger partial charge in [-0.2, -0.15) is 0 Å². The van der Waals surface area contributed by atoms with Gasteiger partial charge < -0.3 is 10.1 Å². The molecule has 5 nitrogen and oxygen atoms in total. The van der Waals surface area contributed by atoms with Crippen LogP contribution in [0.5, 0.6) is 0 Å². The average molecular weight is 286 g/mol. The highest BCUT2D eigenvalue weighted by molar-refractivity contribution is 5.85. The van der Waals surface area contributed by atoms with E-state index in [9.17, 15) is 4.79 Å². The monoisotopic (exact) mass is 285 g/mol. The summed E-state index contributed by atoms with van der Waals surface area (Å²) in [6.07, 6.45) is 1.74. The molecule has 0 spiro atoms. The first-order chi connectivity index (χ1) is 8.84. The predicted octanol–water partition coefficient (Wildman–Crippen LogP) is 1.59. The molecule has 19 heavy (non-hydrogen) atoms. The van der Waals surface area contributed by atoms with Crippen LogP contribution in [0.4, 0.5) is 4.79 Å². The lowest BCUT2D eigenvalue weighted by molar-refractivity contribution is 0.131. The molecular formula is C13H20ClN3O2. The van der Waals surface area contributed by atoms with E-state index in [0.29, 0.717) is 0 Å². The van der Waals surface area contributed by atoms with E-state index >= 15 is 0 Å². The summed E-state index contributed by atoms with van der Waals surface area (Å²) in [5, 5.41) is 3.26. The molecular weight excluding hydrogens is 266 g/mol. The van der Waals surface area contributed by atoms with E-state index in [0.717, 1.165) is 31.5 Å². The summed E-state index contributed by atoms with van der Waals surface area (Å²) in [4.78, 5) is 11.4. The van der Waals surface area contributed by atoms with Gasteiger partial charge in [-0.3, -0.25) is 5.43 Å². The zero-order valence-corrected chi connectivity index (χ0v) is 11.5. The van der Waals surface area contributed by atoms with Crippen LogP contribution in [0.2, 0.25) is 0 Å². The van der Waals surface area contributed by atoms with Crippen molar-refractivity contribution in [2.24, 2.45) is 0 Å². The third-order valence-corrected chi connectivity index (χ3v) is 2.89. The number of piperidine rings is 1. The van der Waals surface area contributed by atoms with E-state index in [2.05, 4.69) is 16.2 Å². The Morgan fingerprint density at radius 3 is 2.84 bits per heavy atom. The van der Waals surface area contributed by atoms with Crippen molar-refractivity contribution in [3.63, 3.8) is 0 Å². The molecule has 1 amide bonds. The molecule has 0 aromatic heterocycles. The summed E-state index contributed by atoms with van der Waals surface area (Å²) in [6.45, 7) is 2.22. The molecule has 1 heterocycles. The molecule has 1 unspecified atom stereocenters. The van der Waals surface area contributed by atoms with Crippen molar-refractivity contribution >= 4 is 18.5 Å². The fourth-order valence-corrected chi connectivity index (χ4v) is 1.90. The van der Waals surface area contributed by atoms with Gasteiger partial charge in [0.15, 0.2) is 0 Å². The molecule has 1 atom stereocenters. The van der Waals surface area contributed by atoms with Gasteiger partial charge in [0.2, 0.25) is 0 Å². The Kier molecular flexibility index (Phi) is 7.25. The Balaban J connectivity index is 0.00000180. The predicted molar refractivity (Wildman–Crippen MR) is 76.0 cm³/mol. The Bertz CT molecular complexity index is 369. The normalized spacial score (nSPS) is 18.2. The number of amides is 1. The number of hydrogen-bond acceptors (Lipinski definition) is 4. The van der Waals surface area contributed by atoms with Crippen LogP contribution < -0.4 is 16.2 Å². The number of rotatable bonds is 4. The summed E-state index contributed by atoms with van der Waals surface area (Å²) >= 11 is 0. The van der Waals surface area contributed by atoms with Gasteiger partial charge in [0.25, 0.3) is 0 Å². The maximum absolute atomic E-state index is 11.4. The lowest BCUT2D eigenvalue weighted by Gasteiger charge is -2.23. The number of benzene rings is 1. The molecule has 1 aliphatic heterocycles.